The lowest BCUT2D eigenvalue weighted by Crippen LogP contribution is -2.39. The molecule has 2 atom stereocenters. The van der Waals surface area contributed by atoms with Crippen molar-refractivity contribution >= 4 is 17.3 Å². The summed E-state index contributed by atoms with van der Waals surface area (Å²) in [6, 6.07) is 13.4. The fourth-order valence-corrected chi connectivity index (χ4v) is 2.43. The second-order valence-corrected chi connectivity index (χ2v) is 5.65. The van der Waals surface area contributed by atoms with Crippen LogP contribution in [0.2, 0.25) is 0 Å². The van der Waals surface area contributed by atoms with Gasteiger partial charge in [0, 0.05) is 12.1 Å². The Morgan fingerprint density at radius 1 is 1.16 bits per heavy atom. The van der Waals surface area contributed by atoms with Crippen molar-refractivity contribution in [2.45, 2.75) is 25.9 Å². The minimum absolute atomic E-state index is 0.000654. The van der Waals surface area contributed by atoms with Crippen LogP contribution in [0.5, 0.6) is 5.75 Å². The average molecular weight is 343 g/mol. The van der Waals surface area contributed by atoms with Crippen molar-refractivity contribution in [1.82, 2.24) is 5.32 Å². The molecule has 0 unspecified atom stereocenters. The molecule has 1 amide bonds. The van der Waals surface area contributed by atoms with Crippen LogP contribution in [-0.2, 0) is 4.79 Å². The molecule has 2 aromatic rings. The zero-order chi connectivity index (χ0) is 18.4. The average Bonchev–Trinajstić information content (AvgIpc) is 2.62. The van der Waals surface area contributed by atoms with Crippen LogP contribution in [0, 0.1) is 10.1 Å². The van der Waals surface area contributed by atoms with Gasteiger partial charge in [0.1, 0.15) is 5.75 Å². The highest BCUT2D eigenvalue weighted by Gasteiger charge is 2.19. The summed E-state index contributed by atoms with van der Waals surface area (Å²) in [5, 5.41) is 16.8. The Morgan fingerprint density at radius 3 is 2.44 bits per heavy atom. The number of nitrogens with zero attached hydrogens (tertiary/aromatic N) is 1. The zero-order valence-corrected chi connectivity index (χ0v) is 14.4. The highest BCUT2D eigenvalue weighted by atomic mass is 16.6. The standard InChI is InChI=1S/C18H21N3O4/c1-12(14-7-5-4-6-8-14)19-13(2)18(22)20-16-10-9-15(21(23)24)11-17(16)25-3/h4-13,19H,1-3H3,(H,20,22)/t12-,13+/m1/s1. The number of carbonyl (C=O) groups excluding carboxylic acids is 1. The lowest BCUT2D eigenvalue weighted by molar-refractivity contribution is -0.384. The molecule has 0 fully saturated rings. The van der Waals surface area contributed by atoms with Gasteiger partial charge < -0.3 is 10.1 Å². The van der Waals surface area contributed by atoms with E-state index < -0.39 is 11.0 Å². The van der Waals surface area contributed by atoms with Gasteiger partial charge in [0.2, 0.25) is 5.91 Å². The fraction of sp³-hybridized carbons (Fsp3) is 0.278. The van der Waals surface area contributed by atoms with E-state index in [1.165, 1.54) is 25.3 Å². The maximum atomic E-state index is 12.4. The molecular formula is C18H21N3O4. The van der Waals surface area contributed by atoms with Crippen LogP contribution in [0.25, 0.3) is 0 Å². The minimum Gasteiger partial charge on any atom is -0.494 e. The van der Waals surface area contributed by atoms with Crippen molar-refractivity contribution in [2.24, 2.45) is 0 Å². The van der Waals surface area contributed by atoms with Gasteiger partial charge in [-0.25, -0.2) is 0 Å². The Morgan fingerprint density at radius 2 is 1.84 bits per heavy atom. The monoisotopic (exact) mass is 343 g/mol. The van der Waals surface area contributed by atoms with Gasteiger partial charge in [-0.05, 0) is 25.5 Å². The van der Waals surface area contributed by atoms with E-state index in [0.29, 0.717) is 5.69 Å². The number of amides is 1. The van der Waals surface area contributed by atoms with E-state index in [1.807, 2.05) is 37.3 Å². The Kier molecular flexibility index (Phi) is 6.08. The molecule has 0 spiro atoms. The third kappa shape index (κ3) is 4.77. The van der Waals surface area contributed by atoms with Crippen molar-refractivity contribution in [3.05, 3.63) is 64.2 Å². The number of hydrogen-bond donors (Lipinski definition) is 2. The molecule has 25 heavy (non-hydrogen) atoms. The summed E-state index contributed by atoms with van der Waals surface area (Å²) in [5.41, 5.74) is 1.37. The number of hydrogen-bond acceptors (Lipinski definition) is 5. The predicted molar refractivity (Wildman–Crippen MR) is 95.7 cm³/mol. The van der Waals surface area contributed by atoms with Crippen LogP contribution in [0.1, 0.15) is 25.5 Å². The first kappa shape index (κ1) is 18.4. The van der Waals surface area contributed by atoms with Crippen LogP contribution in [-0.4, -0.2) is 24.0 Å². The van der Waals surface area contributed by atoms with Gasteiger partial charge in [0.05, 0.1) is 29.8 Å². The molecule has 0 aromatic heterocycles. The number of nitro benzene ring substituents is 1. The van der Waals surface area contributed by atoms with Gasteiger partial charge in [-0.15, -0.1) is 0 Å². The summed E-state index contributed by atoms with van der Waals surface area (Å²) in [6.07, 6.45) is 0. The molecule has 7 heteroatoms. The molecule has 0 bridgehead atoms. The molecule has 0 aliphatic rings. The number of carbonyl (C=O) groups is 1. The quantitative estimate of drug-likeness (QED) is 0.594. The first-order chi connectivity index (χ1) is 11.9. The molecule has 132 valence electrons. The normalized spacial score (nSPS) is 12.9. The smallest absolute Gasteiger partial charge is 0.273 e. The van der Waals surface area contributed by atoms with Crippen LogP contribution in [0.4, 0.5) is 11.4 Å². The summed E-state index contributed by atoms with van der Waals surface area (Å²) in [5.74, 6) is -0.0132. The summed E-state index contributed by atoms with van der Waals surface area (Å²) in [4.78, 5) is 22.7. The first-order valence-electron chi connectivity index (χ1n) is 7.86. The van der Waals surface area contributed by atoms with Gasteiger partial charge in [-0.2, -0.15) is 0 Å². The molecule has 0 heterocycles. The molecule has 0 saturated heterocycles. The zero-order valence-electron chi connectivity index (χ0n) is 14.4. The lowest BCUT2D eigenvalue weighted by Gasteiger charge is -2.20. The molecule has 7 nitrogen and oxygen atoms in total. The second kappa shape index (κ2) is 8.25. The number of methoxy groups -OCH3 is 1. The van der Waals surface area contributed by atoms with Crippen molar-refractivity contribution in [2.75, 3.05) is 12.4 Å². The van der Waals surface area contributed by atoms with Gasteiger partial charge in [-0.3, -0.25) is 20.2 Å². The number of anilines is 1. The van der Waals surface area contributed by atoms with Crippen molar-refractivity contribution in [3.63, 3.8) is 0 Å². The summed E-state index contributed by atoms with van der Waals surface area (Å²) < 4.78 is 5.13. The number of benzene rings is 2. The molecule has 0 saturated carbocycles. The third-order valence-corrected chi connectivity index (χ3v) is 3.85. The summed E-state index contributed by atoms with van der Waals surface area (Å²) in [7, 11) is 1.40. The second-order valence-electron chi connectivity index (χ2n) is 5.65. The van der Waals surface area contributed by atoms with Gasteiger partial charge in [0.15, 0.2) is 0 Å². The van der Waals surface area contributed by atoms with Crippen LogP contribution >= 0.6 is 0 Å². The Bertz CT molecular complexity index is 749. The molecule has 2 aromatic carbocycles. The lowest BCUT2D eigenvalue weighted by atomic mass is 10.1. The number of non-ortho nitro benzene ring substituents is 1. The Hall–Kier alpha value is -2.93. The van der Waals surface area contributed by atoms with Gasteiger partial charge in [0.25, 0.3) is 5.69 Å². The Labute approximate surface area is 146 Å². The molecule has 2 N–H and O–H groups in total. The molecular weight excluding hydrogens is 322 g/mol. The molecule has 2 rings (SSSR count). The Balaban J connectivity index is 2.04. The van der Waals surface area contributed by atoms with Crippen LogP contribution in [0.3, 0.4) is 0 Å². The van der Waals surface area contributed by atoms with E-state index in [9.17, 15) is 14.9 Å². The topological polar surface area (TPSA) is 93.5 Å². The van der Waals surface area contributed by atoms with E-state index in [2.05, 4.69) is 10.6 Å². The molecule has 0 aliphatic heterocycles. The summed E-state index contributed by atoms with van der Waals surface area (Å²) >= 11 is 0. The number of rotatable bonds is 7. The first-order valence-corrected chi connectivity index (χ1v) is 7.86. The van der Waals surface area contributed by atoms with E-state index >= 15 is 0 Å². The number of nitro groups is 1. The van der Waals surface area contributed by atoms with E-state index in [4.69, 9.17) is 4.74 Å². The van der Waals surface area contributed by atoms with Crippen molar-refractivity contribution in [3.8, 4) is 5.75 Å². The number of ether oxygens (including phenoxy) is 1. The minimum atomic E-state index is -0.514. The maximum Gasteiger partial charge on any atom is 0.273 e. The fourth-order valence-electron chi connectivity index (χ4n) is 2.43. The molecule has 0 radical (unpaired) electrons. The highest BCUT2D eigenvalue weighted by Crippen LogP contribution is 2.29. The van der Waals surface area contributed by atoms with Gasteiger partial charge in [-0.1, -0.05) is 30.3 Å². The highest BCUT2D eigenvalue weighted by molar-refractivity contribution is 5.96. The largest absolute Gasteiger partial charge is 0.494 e. The van der Waals surface area contributed by atoms with Crippen LogP contribution in [0.15, 0.2) is 48.5 Å². The number of nitrogens with one attached hydrogen (secondary N) is 2. The van der Waals surface area contributed by atoms with E-state index in [0.717, 1.165) is 5.56 Å². The summed E-state index contributed by atoms with van der Waals surface area (Å²) in [6.45, 7) is 3.73. The SMILES string of the molecule is COc1cc([N+](=O)[O-])ccc1NC(=O)[C@H](C)N[C@H](C)c1ccccc1. The molecule has 0 aliphatic carbocycles. The van der Waals surface area contributed by atoms with Crippen molar-refractivity contribution < 1.29 is 14.5 Å². The van der Waals surface area contributed by atoms with Crippen molar-refractivity contribution in [1.29, 1.82) is 0 Å². The van der Waals surface area contributed by atoms with Crippen LogP contribution < -0.4 is 15.4 Å². The van der Waals surface area contributed by atoms with E-state index in [-0.39, 0.29) is 23.4 Å². The third-order valence-electron chi connectivity index (χ3n) is 3.85. The maximum absolute atomic E-state index is 12.4. The van der Waals surface area contributed by atoms with Gasteiger partial charge >= 0.3 is 0 Å². The predicted octanol–water partition coefficient (Wildman–Crippen LogP) is 3.28. The van der Waals surface area contributed by atoms with E-state index in [1.54, 1.807) is 6.92 Å².